The first-order valence-electron chi connectivity index (χ1n) is 8.49. The van der Waals surface area contributed by atoms with Gasteiger partial charge in [0.2, 0.25) is 5.91 Å². The third kappa shape index (κ3) is 3.55. The normalized spacial score (nSPS) is 16.5. The summed E-state index contributed by atoms with van der Waals surface area (Å²) in [6, 6.07) is 15.1. The van der Waals surface area contributed by atoms with Crippen LogP contribution in [0.1, 0.15) is 29.3 Å². The first-order chi connectivity index (χ1) is 13.1. The molecule has 1 aromatic heterocycles. The second-order valence-corrected chi connectivity index (χ2v) is 6.45. The van der Waals surface area contributed by atoms with Crippen LogP contribution in [0.25, 0.3) is 11.5 Å². The number of carbonyl (C=O) groups is 1. The van der Waals surface area contributed by atoms with Crippen molar-refractivity contribution in [1.29, 1.82) is 5.26 Å². The van der Waals surface area contributed by atoms with E-state index in [1.165, 1.54) is 12.1 Å². The Hall–Kier alpha value is -3.53. The highest BCUT2D eigenvalue weighted by Gasteiger charge is 2.33. The fourth-order valence-corrected chi connectivity index (χ4v) is 3.15. The maximum atomic E-state index is 13.0. The number of hydrogen-bond acceptors (Lipinski definition) is 5. The van der Waals surface area contributed by atoms with Crippen molar-refractivity contribution in [1.82, 2.24) is 15.0 Å². The van der Waals surface area contributed by atoms with Gasteiger partial charge in [-0.2, -0.15) is 10.2 Å². The third-order valence-electron chi connectivity index (χ3n) is 4.55. The van der Waals surface area contributed by atoms with E-state index in [-0.39, 0.29) is 17.6 Å². The highest BCUT2D eigenvalue weighted by atomic mass is 19.1. The molecular formula is C20H15FN4O2. The lowest BCUT2D eigenvalue weighted by atomic mass is 10.1. The molecule has 1 saturated heterocycles. The summed E-state index contributed by atoms with van der Waals surface area (Å²) in [7, 11) is 0. The SMILES string of the molecule is N#Cc1cccc(-c2nc(C3CC(=O)N(Cc4ccc(F)cc4)C3)no2)c1. The molecule has 6 nitrogen and oxygen atoms in total. The molecule has 3 aromatic rings. The average Bonchev–Trinajstić information content (AvgIpc) is 3.31. The largest absolute Gasteiger partial charge is 0.338 e. The maximum absolute atomic E-state index is 13.0. The highest BCUT2D eigenvalue weighted by molar-refractivity contribution is 5.79. The van der Waals surface area contributed by atoms with E-state index >= 15 is 0 Å². The fourth-order valence-electron chi connectivity index (χ4n) is 3.15. The Labute approximate surface area is 154 Å². The smallest absolute Gasteiger partial charge is 0.257 e. The predicted octanol–water partition coefficient (Wildman–Crippen LogP) is 3.26. The molecule has 0 radical (unpaired) electrons. The molecule has 1 amide bonds. The van der Waals surface area contributed by atoms with E-state index in [0.717, 1.165) is 5.56 Å². The summed E-state index contributed by atoms with van der Waals surface area (Å²) in [5, 5.41) is 13.0. The van der Waals surface area contributed by atoms with E-state index in [0.29, 0.717) is 42.4 Å². The summed E-state index contributed by atoms with van der Waals surface area (Å²) < 4.78 is 18.3. The molecule has 0 bridgehead atoms. The van der Waals surface area contributed by atoms with Crippen LogP contribution in [0.15, 0.2) is 53.1 Å². The number of halogens is 1. The van der Waals surface area contributed by atoms with Crippen LogP contribution in [0.4, 0.5) is 4.39 Å². The third-order valence-corrected chi connectivity index (χ3v) is 4.55. The number of aromatic nitrogens is 2. The highest BCUT2D eigenvalue weighted by Crippen LogP contribution is 2.29. The predicted molar refractivity (Wildman–Crippen MR) is 93.6 cm³/mol. The first kappa shape index (κ1) is 16.9. The van der Waals surface area contributed by atoms with Gasteiger partial charge < -0.3 is 9.42 Å². The minimum Gasteiger partial charge on any atom is -0.338 e. The van der Waals surface area contributed by atoms with E-state index in [2.05, 4.69) is 16.2 Å². The molecule has 1 fully saturated rings. The van der Waals surface area contributed by atoms with Gasteiger partial charge in [0, 0.05) is 31.0 Å². The van der Waals surface area contributed by atoms with Crippen molar-refractivity contribution in [2.45, 2.75) is 18.9 Å². The zero-order valence-electron chi connectivity index (χ0n) is 14.3. The van der Waals surface area contributed by atoms with Crippen molar-refractivity contribution < 1.29 is 13.7 Å². The van der Waals surface area contributed by atoms with Crippen LogP contribution in [-0.4, -0.2) is 27.5 Å². The molecule has 27 heavy (non-hydrogen) atoms. The topological polar surface area (TPSA) is 83.0 Å². The van der Waals surface area contributed by atoms with Crippen molar-refractivity contribution in [3.63, 3.8) is 0 Å². The number of amides is 1. The van der Waals surface area contributed by atoms with Crippen LogP contribution < -0.4 is 0 Å². The second-order valence-electron chi connectivity index (χ2n) is 6.45. The van der Waals surface area contributed by atoms with Gasteiger partial charge >= 0.3 is 0 Å². The Bertz CT molecular complexity index is 1020. The molecule has 134 valence electrons. The Morgan fingerprint density at radius 3 is 2.85 bits per heavy atom. The number of rotatable bonds is 4. The Kier molecular flexibility index (Phi) is 4.38. The van der Waals surface area contributed by atoms with Crippen molar-refractivity contribution in [3.05, 3.63) is 71.3 Å². The van der Waals surface area contributed by atoms with Crippen molar-refractivity contribution in [2.24, 2.45) is 0 Å². The number of likely N-dealkylation sites (tertiary alicyclic amines) is 1. The summed E-state index contributed by atoms with van der Waals surface area (Å²) in [5.41, 5.74) is 2.04. The number of nitrogens with zero attached hydrogens (tertiary/aromatic N) is 4. The monoisotopic (exact) mass is 362 g/mol. The first-order valence-corrected chi connectivity index (χ1v) is 8.49. The molecular weight excluding hydrogens is 347 g/mol. The van der Waals surface area contributed by atoms with Gasteiger partial charge in [-0.15, -0.1) is 0 Å². The molecule has 2 aromatic carbocycles. The molecule has 1 unspecified atom stereocenters. The van der Waals surface area contributed by atoms with Gasteiger partial charge in [0.05, 0.1) is 11.6 Å². The summed E-state index contributed by atoms with van der Waals surface area (Å²) in [6.07, 6.45) is 0.304. The zero-order chi connectivity index (χ0) is 18.8. The van der Waals surface area contributed by atoms with Crippen LogP contribution in [0.5, 0.6) is 0 Å². The zero-order valence-corrected chi connectivity index (χ0v) is 14.3. The molecule has 1 aliphatic rings. The van der Waals surface area contributed by atoms with Crippen molar-refractivity contribution in [3.8, 4) is 17.5 Å². The van der Waals surface area contributed by atoms with E-state index in [4.69, 9.17) is 9.78 Å². The van der Waals surface area contributed by atoms with E-state index in [1.807, 2.05) is 0 Å². The molecule has 0 spiro atoms. The van der Waals surface area contributed by atoms with Gasteiger partial charge in [-0.3, -0.25) is 4.79 Å². The molecule has 0 N–H and O–H groups in total. The Balaban J connectivity index is 1.48. The van der Waals surface area contributed by atoms with Gasteiger partial charge in [0.1, 0.15) is 5.82 Å². The minimum absolute atomic E-state index is 0.00199. The summed E-state index contributed by atoms with van der Waals surface area (Å²) in [6.45, 7) is 0.901. The van der Waals surface area contributed by atoms with Crippen molar-refractivity contribution >= 4 is 5.91 Å². The van der Waals surface area contributed by atoms with E-state index in [1.54, 1.807) is 41.3 Å². The lowest BCUT2D eigenvalue weighted by Crippen LogP contribution is -2.24. The maximum Gasteiger partial charge on any atom is 0.257 e. The van der Waals surface area contributed by atoms with Gasteiger partial charge in [-0.05, 0) is 35.9 Å². The molecule has 4 rings (SSSR count). The van der Waals surface area contributed by atoms with Gasteiger partial charge in [-0.25, -0.2) is 4.39 Å². The Morgan fingerprint density at radius 1 is 1.26 bits per heavy atom. The van der Waals surface area contributed by atoms with Gasteiger partial charge in [-0.1, -0.05) is 23.4 Å². The molecule has 1 aliphatic heterocycles. The second kappa shape index (κ2) is 7.00. The van der Waals surface area contributed by atoms with Gasteiger partial charge in [0.15, 0.2) is 5.82 Å². The summed E-state index contributed by atoms with van der Waals surface area (Å²) in [4.78, 5) is 18.4. The van der Waals surface area contributed by atoms with Crippen LogP contribution in [0, 0.1) is 17.1 Å². The number of benzene rings is 2. The number of nitriles is 1. The summed E-state index contributed by atoms with van der Waals surface area (Å²) in [5.74, 6) is 0.342. The van der Waals surface area contributed by atoms with Crippen molar-refractivity contribution in [2.75, 3.05) is 6.54 Å². The molecule has 7 heteroatoms. The summed E-state index contributed by atoms with van der Waals surface area (Å²) >= 11 is 0. The number of carbonyl (C=O) groups excluding carboxylic acids is 1. The van der Waals surface area contributed by atoms with Gasteiger partial charge in [0.25, 0.3) is 5.89 Å². The average molecular weight is 362 g/mol. The molecule has 2 heterocycles. The molecule has 0 aliphatic carbocycles. The quantitative estimate of drug-likeness (QED) is 0.711. The lowest BCUT2D eigenvalue weighted by molar-refractivity contribution is -0.128. The minimum atomic E-state index is -0.302. The van der Waals surface area contributed by atoms with Crippen LogP contribution in [0.3, 0.4) is 0 Å². The van der Waals surface area contributed by atoms with Crippen LogP contribution >= 0.6 is 0 Å². The lowest BCUT2D eigenvalue weighted by Gasteiger charge is -2.16. The van der Waals surface area contributed by atoms with Crippen LogP contribution in [-0.2, 0) is 11.3 Å². The Morgan fingerprint density at radius 2 is 2.07 bits per heavy atom. The van der Waals surface area contributed by atoms with E-state index < -0.39 is 0 Å². The van der Waals surface area contributed by atoms with Crippen LogP contribution in [0.2, 0.25) is 0 Å². The van der Waals surface area contributed by atoms with E-state index in [9.17, 15) is 9.18 Å². The number of hydrogen-bond donors (Lipinski definition) is 0. The molecule has 0 saturated carbocycles. The molecule has 1 atom stereocenters. The standard InChI is InChI=1S/C20H15FN4O2/c21-17-6-4-13(5-7-17)11-25-12-16(9-18(25)26)19-23-20(27-24-19)15-3-1-2-14(8-15)10-22/h1-8,16H,9,11-12H2. The fraction of sp³-hybridized carbons (Fsp3) is 0.200.